The second-order valence-electron chi connectivity index (χ2n) is 7.61. The first-order valence-electron chi connectivity index (χ1n) is 9.41. The van der Waals surface area contributed by atoms with E-state index in [4.69, 9.17) is 9.47 Å². The van der Waals surface area contributed by atoms with Gasteiger partial charge in [-0.05, 0) is 32.4 Å². The summed E-state index contributed by atoms with van der Waals surface area (Å²) in [5, 5.41) is 15.8. The quantitative estimate of drug-likeness (QED) is 0.483. The Kier molecular flexibility index (Phi) is 8.03. The van der Waals surface area contributed by atoms with Crippen LogP contribution in [-0.4, -0.2) is 35.2 Å². The Hall–Kier alpha value is -3.53. The van der Waals surface area contributed by atoms with Crippen molar-refractivity contribution in [3.63, 3.8) is 0 Å². The van der Waals surface area contributed by atoms with Crippen molar-refractivity contribution in [3.8, 4) is 0 Å². The van der Waals surface area contributed by atoms with E-state index in [9.17, 15) is 24.1 Å². The number of hydrogen-bond acceptors (Lipinski definition) is 6. The van der Waals surface area contributed by atoms with Gasteiger partial charge in [0.05, 0.1) is 18.1 Å². The topological polar surface area (TPSA) is 120 Å². The van der Waals surface area contributed by atoms with E-state index < -0.39 is 40.1 Å². The van der Waals surface area contributed by atoms with Crippen molar-refractivity contribution < 1.29 is 28.4 Å². The fraction of sp³-hybridized carbons (Fsp3) is 0.333. The van der Waals surface area contributed by atoms with Gasteiger partial charge in [-0.1, -0.05) is 30.3 Å². The van der Waals surface area contributed by atoms with E-state index >= 15 is 0 Å². The number of nitro groups is 1. The molecule has 166 valence electrons. The van der Waals surface area contributed by atoms with E-state index in [1.807, 2.05) is 30.3 Å². The van der Waals surface area contributed by atoms with Gasteiger partial charge < -0.3 is 20.1 Å². The summed E-state index contributed by atoms with van der Waals surface area (Å²) in [7, 11) is 0. The van der Waals surface area contributed by atoms with Gasteiger partial charge in [0.15, 0.2) is 0 Å². The molecule has 0 bridgehead atoms. The highest BCUT2D eigenvalue weighted by Gasteiger charge is 2.27. The predicted molar refractivity (Wildman–Crippen MR) is 111 cm³/mol. The monoisotopic (exact) mass is 433 g/mol. The highest BCUT2D eigenvalue weighted by molar-refractivity contribution is 5.98. The van der Waals surface area contributed by atoms with Gasteiger partial charge in [0.25, 0.3) is 5.69 Å². The molecular formula is C21H24FN3O6. The first kappa shape index (κ1) is 23.7. The van der Waals surface area contributed by atoms with Gasteiger partial charge in [-0.25, -0.2) is 9.18 Å². The average molecular weight is 433 g/mol. The van der Waals surface area contributed by atoms with Crippen molar-refractivity contribution in [1.29, 1.82) is 0 Å². The lowest BCUT2D eigenvalue weighted by atomic mass is 10.2. The summed E-state index contributed by atoms with van der Waals surface area (Å²) in [6.45, 7) is 4.89. The van der Waals surface area contributed by atoms with Crippen molar-refractivity contribution in [1.82, 2.24) is 5.32 Å². The highest BCUT2D eigenvalue weighted by Crippen LogP contribution is 2.25. The van der Waals surface area contributed by atoms with E-state index in [-0.39, 0.29) is 18.9 Å². The molecule has 2 aromatic rings. The standard InChI is InChI=1S/C21H24FN3O6/c1-21(2,3)31-20(27)24-17(13-30-12-14-7-5-4-6-8-14)19(26)23-16-11-15(22)9-10-18(16)25(28)29/h4-11,17H,12-13H2,1-3H3,(H,23,26)(H,24,27)/t17-/m0/s1. The summed E-state index contributed by atoms with van der Waals surface area (Å²) in [5.74, 6) is -1.59. The smallest absolute Gasteiger partial charge is 0.408 e. The number of nitrogens with zero attached hydrogens (tertiary/aromatic N) is 1. The Bertz CT molecular complexity index is 930. The summed E-state index contributed by atoms with van der Waals surface area (Å²) in [6, 6.07) is 10.6. The van der Waals surface area contributed by atoms with Gasteiger partial charge in [0.1, 0.15) is 23.1 Å². The van der Waals surface area contributed by atoms with Gasteiger partial charge in [-0.3, -0.25) is 14.9 Å². The van der Waals surface area contributed by atoms with Crippen LogP contribution in [0.5, 0.6) is 0 Å². The normalized spacial score (nSPS) is 12.0. The third-order valence-corrected chi connectivity index (χ3v) is 3.82. The van der Waals surface area contributed by atoms with Crippen LogP contribution in [0.15, 0.2) is 48.5 Å². The van der Waals surface area contributed by atoms with Crippen LogP contribution in [0.25, 0.3) is 0 Å². The number of ether oxygens (including phenoxy) is 2. The molecule has 0 radical (unpaired) electrons. The number of halogens is 1. The Labute approximate surface area is 178 Å². The van der Waals surface area contributed by atoms with Crippen LogP contribution >= 0.6 is 0 Å². The Morgan fingerprint density at radius 1 is 1.16 bits per heavy atom. The summed E-state index contributed by atoms with van der Waals surface area (Å²) in [5.41, 5.74) is -0.790. The van der Waals surface area contributed by atoms with Gasteiger partial charge in [0.2, 0.25) is 5.91 Å². The molecule has 0 fully saturated rings. The molecule has 2 rings (SSSR count). The summed E-state index contributed by atoms with van der Waals surface area (Å²) in [6.07, 6.45) is -0.871. The zero-order valence-corrected chi connectivity index (χ0v) is 17.4. The summed E-state index contributed by atoms with van der Waals surface area (Å²) < 4.78 is 24.3. The largest absolute Gasteiger partial charge is 0.444 e. The van der Waals surface area contributed by atoms with E-state index in [2.05, 4.69) is 10.6 Å². The molecule has 0 aliphatic carbocycles. The number of benzene rings is 2. The molecule has 2 amide bonds. The molecule has 1 atom stereocenters. The number of rotatable bonds is 8. The highest BCUT2D eigenvalue weighted by atomic mass is 19.1. The van der Waals surface area contributed by atoms with Crippen LogP contribution in [0.4, 0.5) is 20.6 Å². The van der Waals surface area contributed by atoms with Gasteiger partial charge >= 0.3 is 6.09 Å². The predicted octanol–water partition coefficient (Wildman–Crippen LogP) is 3.78. The van der Waals surface area contributed by atoms with Gasteiger partial charge in [-0.2, -0.15) is 0 Å². The molecule has 0 aliphatic heterocycles. The zero-order chi connectivity index (χ0) is 23.0. The maximum atomic E-state index is 13.6. The molecule has 2 aromatic carbocycles. The number of alkyl carbamates (subject to hydrolysis) is 1. The Morgan fingerprint density at radius 3 is 2.45 bits per heavy atom. The second-order valence-corrected chi connectivity index (χ2v) is 7.61. The van der Waals surface area contributed by atoms with Gasteiger partial charge in [0, 0.05) is 12.1 Å². The minimum Gasteiger partial charge on any atom is -0.444 e. The molecule has 0 saturated heterocycles. The van der Waals surface area contributed by atoms with Gasteiger partial charge in [-0.15, -0.1) is 0 Å². The van der Waals surface area contributed by atoms with E-state index in [1.54, 1.807) is 20.8 Å². The molecule has 0 unspecified atom stereocenters. The zero-order valence-electron chi connectivity index (χ0n) is 17.4. The lowest BCUT2D eigenvalue weighted by molar-refractivity contribution is -0.384. The fourth-order valence-electron chi connectivity index (χ4n) is 2.49. The van der Waals surface area contributed by atoms with Crippen molar-refractivity contribution in [2.45, 2.75) is 39.0 Å². The molecule has 31 heavy (non-hydrogen) atoms. The Balaban J connectivity index is 2.14. The maximum absolute atomic E-state index is 13.6. The van der Waals surface area contributed by atoms with E-state index in [0.29, 0.717) is 0 Å². The molecule has 9 nitrogen and oxygen atoms in total. The summed E-state index contributed by atoms with van der Waals surface area (Å²) >= 11 is 0. The number of amides is 2. The number of anilines is 1. The number of carbonyl (C=O) groups excluding carboxylic acids is 2. The van der Waals surface area contributed by atoms with Crippen LogP contribution in [-0.2, 0) is 20.9 Å². The van der Waals surface area contributed by atoms with Crippen LogP contribution in [0, 0.1) is 15.9 Å². The van der Waals surface area contributed by atoms with Crippen molar-refractivity contribution >= 4 is 23.4 Å². The van der Waals surface area contributed by atoms with E-state index in [0.717, 1.165) is 23.8 Å². The SMILES string of the molecule is CC(C)(C)OC(=O)N[C@@H](COCc1ccccc1)C(=O)Nc1cc(F)ccc1[N+](=O)[O-]. The number of nitrogens with one attached hydrogen (secondary N) is 2. The van der Waals surface area contributed by atoms with Crippen molar-refractivity contribution in [2.75, 3.05) is 11.9 Å². The molecule has 10 heteroatoms. The minimum absolute atomic E-state index is 0.167. The van der Waals surface area contributed by atoms with Crippen LogP contribution in [0.1, 0.15) is 26.3 Å². The number of hydrogen-bond donors (Lipinski definition) is 2. The minimum atomic E-state index is -1.25. The maximum Gasteiger partial charge on any atom is 0.408 e. The Morgan fingerprint density at radius 2 is 1.84 bits per heavy atom. The van der Waals surface area contributed by atoms with Crippen LogP contribution in [0.3, 0.4) is 0 Å². The molecule has 2 N–H and O–H groups in total. The van der Waals surface area contributed by atoms with Crippen LogP contribution in [0.2, 0.25) is 0 Å². The number of nitro benzene ring substituents is 1. The molecule has 0 saturated carbocycles. The second kappa shape index (κ2) is 10.5. The third-order valence-electron chi connectivity index (χ3n) is 3.82. The molecule has 0 spiro atoms. The first-order chi connectivity index (χ1) is 14.5. The molecular weight excluding hydrogens is 409 g/mol. The average Bonchev–Trinajstić information content (AvgIpc) is 2.66. The molecule has 0 aromatic heterocycles. The van der Waals surface area contributed by atoms with Crippen molar-refractivity contribution in [2.24, 2.45) is 0 Å². The lowest BCUT2D eigenvalue weighted by Gasteiger charge is -2.23. The van der Waals surface area contributed by atoms with E-state index in [1.165, 1.54) is 0 Å². The third kappa shape index (κ3) is 8.01. The first-order valence-corrected chi connectivity index (χ1v) is 9.41. The lowest BCUT2D eigenvalue weighted by Crippen LogP contribution is -2.48. The number of carbonyl (C=O) groups is 2. The molecule has 0 heterocycles. The fourth-order valence-corrected chi connectivity index (χ4v) is 2.49. The van der Waals surface area contributed by atoms with Crippen molar-refractivity contribution in [3.05, 3.63) is 70.0 Å². The van der Waals surface area contributed by atoms with Crippen LogP contribution < -0.4 is 10.6 Å². The molecule has 0 aliphatic rings. The summed E-state index contributed by atoms with van der Waals surface area (Å²) in [4.78, 5) is 35.3.